The van der Waals surface area contributed by atoms with E-state index in [1.54, 1.807) is 11.3 Å². The van der Waals surface area contributed by atoms with Crippen molar-refractivity contribution in [3.05, 3.63) is 48.1 Å². The summed E-state index contributed by atoms with van der Waals surface area (Å²) in [4.78, 5) is 6.85. The van der Waals surface area contributed by atoms with E-state index in [4.69, 9.17) is 9.84 Å². The zero-order chi connectivity index (χ0) is 16.9. The summed E-state index contributed by atoms with van der Waals surface area (Å²) in [5.41, 5.74) is 3.30. The first-order valence-corrected chi connectivity index (χ1v) is 9.60. The second-order valence-corrected chi connectivity index (χ2v) is 7.08. The summed E-state index contributed by atoms with van der Waals surface area (Å²) in [5.74, 6) is 0. The number of rotatable bonds is 6. The highest BCUT2D eigenvalue weighted by Crippen LogP contribution is 2.26. The number of aryl methyl sites for hydroxylation is 1. The van der Waals surface area contributed by atoms with Crippen LogP contribution in [-0.4, -0.2) is 52.5 Å². The fourth-order valence-electron chi connectivity index (χ4n) is 3.10. The Morgan fingerprint density at radius 2 is 1.96 bits per heavy atom. The maximum Gasteiger partial charge on any atom is 0.123 e. The van der Waals surface area contributed by atoms with Gasteiger partial charge in [0.2, 0.25) is 0 Å². The van der Waals surface area contributed by atoms with Crippen LogP contribution in [0.4, 0.5) is 0 Å². The Morgan fingerprint density at radius 1 is 1.08 bits per heavy atom. The molecule has 130 valence electrons. The molecule has 6 heteroatoms. The Bertz CT molecular complexity index is 793. The molecule has 1 aliphatic rings. The molecule has 1 fully saturated rings. The Labute approximate surface area is 151 Å². The number of aromatic nitrogens is 3. The average molecular weight is 354 g/mol. The highest BCUT2D eigenvalue weighted by molar-refractivity contribution is 7.13. The largest absolute Gasteiger partial charge is 0.379 e. The van der Waals surface area contributed by atoms with Crippen molar-refractivity contribution in [2.75, 3.05) is 32.8 Å². The highest BCUT2D eigenvalue weighted by Gasteiger charge is 2.10. The van der Waals surface area contributed by atoms with Gasteiger partial charge in [-0.2, -0.15) is 5.10 Å². The number of nitrogens with zero attached hydrogens (tertiary/aromatic N) is 4. The lowest BCUT2D eigenvalue weighted by Gasteiger charge is -2.26. The number of thiazole rings is 1. The molecule has 0 amide bonds. The minimum atomic E-state index is 0.862. The number of hydrogen-bond donors (Lipinski definition) is 0. The zero-order valence-electron chi connectivity index (χ0n) is 14.2. The van der Waals surface area contributed by atoms with E-state index in [9.17, 15) is 0 Å². The van der Waals surface area contributed by atoms with Crippen LogP contribution in [0, 0.1) is 0 Å². The van der Waals surface area contributed by atoms with Gasteiger partial charge in [0.05, 0.1) is 18.9 Å². The van der Waals surface area contributed by atoms with Gasteiger partial charge in [-0.15, -0.1) is 11.3 Å². The number of morpholine rings is 1. The molecule has 25 heavy (non-hydrogen) atoms. The first kappa shape index (κ1) is 16.4. The fraction of sp³-hybridized carbons (Fsp3) is 0.368. The molecule has 1 saturated heterocycles. The molecule has 1 aromatic carbocycles. The van der Waals surface area contributed by atoms with Crippen molar-refractivity contribution in [3.63, 3.8) is 0 Å². The predicted octanol–water partition coefficient (Wildman–Crippen LogP) is 3.40. The van der Waals surface area contributed by atoms with Gasteiger partial charge in [0.1, 0.15) is 5.01 Å². The van der Waals surface area contributed by atoms with E-state index in [-0.39, 0.29) is 0 Å². The minimum absolute atomic E-state index is 0.862. The first-order valence-electron chi connectivity index (χ1n) is 8.72. The minimum Gasteiger partial charge on any atom is -0.379 e. The summed E-state index contributed by atoms with van der Waals surface area (Å²) < 4.78 is 7.44. The van der Waals surface area contributed by atoms with Crippen LogP contribution in [0.25, 0.3) is 21.8 Å². The normalized spacial score (nSPS) is 15.5. The van der Waals surface area contributed by atoms with Gasteiger partial charge in [-0.25, -0.2) is 4.98 Å². The average Bonchev–Trinajstić information content (AvgIpc) is 3.35. The first-order chi connectivity index (χ1) is 12.4. The van der Waals surface area contributed by atoms with Crippen molar-refractivity contribution in [3.8, 4) is 21.8 Å². The van der Waals surface area contributed by atoms with Gasteiger partial charge in [-0.05, 0) is 18.6 Å². The van der Waals surface area contributed by atoms with E-state index < -0.39 is 0 Å². The Balaban J connectivity index is 1.38. The lowest BCUT2D eigenvalue weighted by Crippen LogP contribution is -2.37. The van der Waals surface area contributed by atoms with Gasteiger partial charge in [0.25, 0.3) is 0 Å². The van der Waals surface area contributed by atoms with Gasteiger partial charge < -0.3 is 4.74 Å². The van der Waals surface area contributed by atoms with Gasteiger partial charge >= 0.3 is 0 Å². The van der Waals surface area contributed by atoms with Crippen molar-refractivity contribution >= 4 is 11.3 Å². The van der Waals surface area contributed by atoms with Crippen LogP contribution in [0.3, 0.4) is 0 Å². The number of hydrogen-bond acceptors (Lipinski definition) is 5. The lowest BCUT2D eigenvalue weighted by molar-refractivity contribution is 0.0368. The summed E-state index contributed by atoms with van der Waals surface area (Å²) in [5, 5.41) is 7.80. The third kappa shape index (κ3) is 4.15. The van der Waals surface area contributed by atoms with Crippen LogP contribution in [-0.2, 0) is 11.3 Å². The van der Waals surface area contributed by atoms with Crippen molar-refractivity contribution in [1.82, 2.24) is 19.7 Å². The molecule has 0 aliphatic carbocycles. The standard InChI is InChI=1S/C19H22N4OS/c1-3-16(15-17(4-1)19-20-6-14-25-19)18-5-9-23(21-18)8-2-7-22-10-12-24-13-11-22/h1,3-6,9,14-15H,2,7-8,10-13H2. The van der Waals surface area contributed by atoms with Crippen LogP contribution < -0.4 is 0 Å². The van der Waals surface area contributed by atoms with Gasteiger partial charge in [-0.3, -0.25) is 9.58 Å². The zero-order valence-corrected chi connectivity index (χ0v) is 15.0. The maximum absolute atomic E-state index is 5.39. The van der Waals surface area contributed by atoms with Crippen LogP contribution >= 0.6 is 11.3 Å². The van der Waals surface area contributed by atoms with Crippen LogP contribution in [0.15, 0.2) is 48.1 Å². The van der Waals surface area contributed by atoms with Crippen LogP contribution in [0.5, 0.6) is 0 Å². The second-order valence-electron chi connectivity index (χ2n) is 6.19. The van der Waals surface area contributed by atoms with E-state index in [1.165, 1.54) is 0 Å². The fourth-order valence-corrected chi connectivity index (χ4v) is 3.73. The lowest BCUT2D eigenvalue weighted by atomic mass is 10.1. The van der Waals surface area contributed by atoms with E-state index in [0.29, 0.717) is 0 Å². The topological polar surface area (TPSA) is 43.2 Å². The monoisotopic (exact) mass is 354 g/mol. The Kier molecular flexibility index (Phi) is 5.20. The molecule has 4 rings (SSSR count). The SMILES string of the molecule is c1cc(-c2ccn(CCCN3CCOCC3)n2)cc(-c2nccs2)c1. The summed E-state index contributed by atoms with van der Waals surface area (Å²) in [7, 11) is 0. The van der Waals surface area contributed by atoms with Crippen molar-refractivity contribution in [1.29, 1.82) is 0 Å². The maximum atomic E-state index is 5.39. The van der Waals surface area contributed by atoms with Crippen molar-refractivity contribution in [2.45, 2.75) is 13.0 Å². The molecule has 0 unspecified atom stereocenters. The van der Waals surface area contributed by atoms with Crippen molar-refractivity contribution < 1.29 is 4.74 Å². The molecule has 3 aromatic rings. The second kappa shape index (κ2) is 7.91. The molecule has 0 bridgehead atoms. The Hall–Kier alpha value is -2.02. The quantitative estimate of drug-likeness (QED) is 0.680. The van der Waals surface area contributed by atoms with Gasteiger partial charge in [0.15, 0.2) is 0 Å². The van der Waals surface area contributed by atoms with Crippen molar-refractivity contribution in [2.24, 2.45) is 0 Å². The van der Waals surface area contributed by atoms with Crippen LogP contribution in [0.2, 0.25) is 0 Å². The molecular formula is C19H22N4OS. The third-order valence-electron chi connectivity index (χ3n) is 4.44. The number of ether oxygens (including phenoxy) is 1. The van der Waals surface area contributed by atoms with E-state index in [0.717, 1.165) is 67.6 Å². The number of benzene rings is 1. The molecule has 5 nitrogen and oxygen atoms in total. The summed E-state index contributed by atoms with van der Waals surface area (Å²) in [6, 6.07) is 10.5. The molecular weight excluding hydrogens is 332 g/mol. The smallest absolute Gasteiger partial charge is 0.123 e. The third-order valence-corrected chi connectivity index (χ3v) is 5.27. The molecule has 0 saturated carbocycles. The van der Waals surface area contributed by atoms with E-state index in [1.807, 2.05) is 16.3 Å². The molecule has 1 aliphatic heterocycles. The predicted molar refractivity (Wildman–Crippen MR) is 101 cm³/mol. The molecule has 0 radical (unpaired) electrons. The summed E-state index contributed by atoms with van der Waals surface area (Å²) in [6.45, 7) is 5.88. The highest BCUT2D eigenvalue weighted by atomic mass is 32.1. The van der Waals surface area contributed by atoms with Gasteiger partial charge in [-0.1, -0.05) is 18.2 Å². The Morgan fingerprint density at radius 3 is 2.80 bits per heavy atom. The van der Waals surface area contributed by atoms with Gasteiger partial charge in [0, 0.05) is 55.1 Å². The molecule has 0 spiro atoms. The molecule has 0 atom stereocenters. The molecule has 2 aromatic heterocycles. The molecule has 0 N–H and O–H groups in total. The molecule has 3 heterocycles. The summed E-state index contributed by atoms with van der Waals surface area (Å²) in [6.07, 6.45) is 5.03. The van der Waals surface area contributed by atoms with E-state index in [2.05, 4.69) is 46.4 Å². The summed E-state index contributed by atoms with van der Waals surface area (Å²) >= 11 is 1.66. The van der Waals surface area contributed by atoms with Crippen LogP contribution in [0.1, 0.15) is 6.42 Å². The van der Waals surface area contributed by atoms with E-state index >= 15 is 0 Å².